The van der Waals surface area contributed by atoms with E-state index in [0.717, 1.165) is 32.1 Å². The Labute approximate surface area is 136 Å². The van der Waals surface area contributed by atoms with E-state index < -0.39 is 11.6 Å². The average molecular weight is 320 g/mol. The predicted molar refractivity (Wildman–Crippen MR) is 83.8 cm³/mol. The minimum atomic E-state index is -0.765. The molecule has 1 N–H and O–H groups in total. The fourth-order valence-electron chi connectivity index (χ4n) is 3.77. The molecule has 1 aliphatic carbocycles. The quantitative estimate of drug-likeness (QED) is 0.915. The molecule has 0 aromatic carbocycles. The van der Waals surface area contributed by atoms with E-state index in [-0.39, 0.29) is 17.6 Å². The summed E-state index contributed by atoms with van der Waals surface area (Å²) < 4.78 is 5.16. The van der Waals surface area contributed by atoms with Crippen molar-refractivity contribution in [3.8, 4) is 0 Å². The van der Waals surface area contributed by atoms with Gasteiger partial charge in [0.15, 0.2) is 5.76 Å². The number of furan rings is 1. The van der Waals surface area contributed by atoms with Gasteiger partial charge in [0.2, 0.25) is 5.91 Å². The summed E-state index contributed by atoms with van der Waals surface area (Å²) >= 11 is 0. The standard InChI is InChI=1S/C17H24N2O4/c1-18(12-17(22)8-2-3-9-17)15(20)13-6-4-10-19(13)16(21)14-7-5-11-23-14/h5,7,11,13,22H,2-4,6,8-10,12H2,1H3. The first kappa shape index (κ1) is 16.1. The number of aliphatic hydroxyl groups is 1. The highest BCUT2D eigenvalue weighted by Gasteiger charge is 2.39. The van der Waals surface area contributed by atoms with Crippen LogP contribution >= 0.6 is 0 Å². The number of amides is 2. The normalized spacial score (nSPS) is 23.2. The Hall–Kier alpha value is -1.82. The fraction of sp³-hybridized carbons (Fsp3) is 0.647. The molecule has 0 radical (unpaired) electrons. The lowest BCUT2D eigenvalue weighted by Gasteiger charge is -2.32. The molecule has 3 rings (SSSR count). The van der Waals surface area contributed by atoms with Crippen LogP contribution in [0.3, 0.4) is 0 Å². The van der Waals surface area contributed by atoms with Crippen molar-refractivity contribution in [3.63, 3.8) is 0 Å². The van der Waals surface area contributed by atoms with E-state index in [2.05, 4.69) is 0 Å². The van der Waals surface area contributed by atoms with Crippen molar-refractivity contribution in [3.05, 3.63) is 24.2 Å². The van der Waals surface area contributed by atoms with Crippen molar-refractivity contribution >= 4 is 11.8 Å². The highest BCUT2D eigenvalue weighted by atomic mass is 16.3. The molecular weight excluding hydrogens is 296 g/mol. The molecular formula is C17H24N2O4. The van der Waals surface area contributed by atoms with E-state index in [1.165, 1.54) is 6.26 Å². The maximum atomic E-state index is 12.8. The van der Waals surface area contributed by atoms with Gasteiger partial charge in [0, 0.05) is 20.1 Å². The first-order valence-electron chi connectivity index (χ1n) is 8.32. The third kappa shape index (κ3) is 3.27. The SMILES string of the molecule is CN(CC1(O)CCCC1)C(=O)C1CCCN1C(=O)c1ccco1. The Bertz CT molecular complexity index is 563. The Morgan fingerprint density at radius 3 is 2.78 bits per heavy atom. The van der Waals surface area contributed by atoms with Crippen molar-refractivity contribution < 1.29 is 19.1 Å². The van der Waals surface area contributed by atoms with Crippen LogP contribution < -0.4 is 0 Å². The zero-order valence-corrected chi connectivity index (χ0v) is 13.5. The van der Waals surface area contributed by atoms with Gasteiger partial charge in [-0.3, -0.25) is 9.59 Å². The van der Waals surface area contributed by atoms with Gasteiger partial charge in [-0.25, -0.2) is 0 Å². The van der Waals surface area contributed by atoms with Crippen LogP contribution in [0.2, 0.25) is 0 Å². The van der Waals surface area contributed by atoms with E-state index in [9.17, 15) is 14.7 Å². The molecule has 0 bridgehead atoms. The number of likely N-dealkylation sites (tertiary alicyclic amines) is 1. The zero-order valence-electron chi connectivity index (χ0n) is 13.5. The number of carbonyl (C=O) groups excluding carboxylic acids is 2. The predicted octanol–water partition coefficient (Wildman–Crippen LogP) is 1.65. The number of carbonyl (C=O) groups is 2. The van der Waals surface area contributed by atoms with Gasteiger partial charge in [0.25, 0.3) is 5.91 Å². The summed E-state index contributed by atoms with van der Waals surface area (Å²) in [6.07, 6.45) is 6.42. The number of nitrogens with zero attached hydrogens (tertiary/aromatic N) is 2. The highest BCUT2D eigenvalue weighted by molar-refractivity contribution is 5.95. The molecule has 1 aliphatic heterocycles. The molecule has 1 unspecified atom stereocenters. The van der Waals surface area contributed by atoms with Gasteiger partial charge in [0.05, 0.1) is 11.9 Å². The Morgan fingerprint density at radius 2 is 2.13 bits per heavy atom. The third-order valence-electron chi connectivity index (χ3n) is 4.97. The van der Waals surface area contributed by atoms with E-state index >= 15 is 0 Å². The van der Waals surface area contributed by atoms with Crippen LogP contribution in [0.1, 0.15) is 49.1 Å². The van der Waals surface area contributed by atoms with Crippen molar-refractivity contribution in [2.75, 3.05) is 20.1 Å². The molecule has 1 aromatic heterocycles. The van der Waals surface area contributed by atoms with Gasteiger partial charge < -0.3 is 19.3 Å². The molecule has 1 aromatic rings. The van der Waals surface area contributed by atoms with E-state index in [4.69, 9.17) is 4.42 Å². The van der Waals surface area contributed by atoms with Crippen molar-refractivity contribution in [2.24, 2.45) is 0 Å². The molecule has 126 valence electrons. The lowest BCUT2D eigenvalue weighted by Crippen LogP contribution is -2.50. The van der Waals surface area contributed by atoms with Crippen LogP contribution in [0.15, 0.2) is 22.8 Å². The molecule has 1 saturated carbocycles. The maximum Gasteiger partial charge on any atom is 0.290 e. The van der Waals surface area contributed by atoms with Crippen LogP contribution in [0, 0.1) is 0 Å². The first-order valence-corrected chi connectivity index (χ1v) is 8.32. The summed E-state index contributed by atoms with van der Waals surface area (Å²) in [5, 5.41) is 10.5. The van der Waals surface area contributed by atoms with Gasteiger partial charge >= 0.3 is 0 Å². The molecule has 6 heteroatoms. The molecule has 6 nitrogen and oxygen atoms in total. The summed E-state index contributed by atoms with van der Waals surface area (Å²) in [7, 11) is 1.71. The molecule has 2 amide bonds. The Kier molecular flexibility index (Phi) is 4.43. The van der Waals surface area contributed by atoms with E-state index in [0.29, 0.717) is 19.5 Å². The van der Waals surface area contributed by atoms with Gasteiger partial charge in [-0.15, -0.1) is 0 Å². The van der Waals surface area contributed by atoms with Crippen LogP contribution in [-0.4, -0.2) is 58.5 Å². The highest BCUT2D eigenvalue weighted by Crippen LogP contribution is 2.30. The van der Waals surface area contributed by atoms with Crippen molar-refractivity contribution in [1.29, 1.82) is 0 Å². The number of likely N-dealkylation sites (N-methyl/N-ethyl adjacent to an activating group) is 1. The lowest BCUT2D eigenvalue weighted by atomic mass is 10.0. The number of hydrogen-bond donors (Lipinski definition) is 1. The summed E-state index contributed by atoms with van der Waals surface area (Å²) in [5.74, 6) is -0.0664. The minimum absolute atomic E-state index is 0.0947. The molecule has 1 saturated heterocycles. The van der Waals surface area contributed by atoms with Gasteiger partial charge in [0.1, 0.15) is 6.04 Å². The van der Waals surface area contributed by atoms with E-state index in [1.54, 1.807) is 29.0 Å². The minimum Gasteiger partial charge on any atom is -0.459 e. The second-order valence-corrected chi connectivity index (χ2v) is 6.76. The fourth-order valence-corrected chi connectivity index (χ4v) is 3.77. The van der Waals surface area contributed by atoms with Gasteiger partial charge in [-0.2, -0.15) is 0 Å². The van der Waals surface area contributed by atoms with Crippen LogP contribution in [0.4, 0.5) is 0 Å². The monoisotopic (exact) mass is 320 g/mol. The van der Waals surface area contributed by atoms with Gasteiger partial charge in [-0.05, 0) is 37.8 Å². The summed E-state index contributed by atoms with van der Waals surface area (Å²) in [5.41, 5.74) is -0.765. The summed E-state index contributed by atoms with van der Waals surface area (Å²) in [6.45, 7) is 0.902. The van der Waals surface area contributed by atoms with Crippen LogP contribution in [0.25, 0.3) is 0 Å². The van der Waals surface area contributed by atoms with Crippen molar-refractivity contribution in [1.82, 2.24) is 9.80 Å². The van der Waals surface area contributed by atoms with E-state index in [1.807, 2.05) is 0 Å². The molecule has 23 heavy (non-hydrogen) atoms. The van der Waals surface area contributed by atoms with Crippen LogP contribution in [0.5, 0.6) is 0 Å². The van der Waals surface area contributed by atoms with Crippen LogP contribution in [-0.2, 0) is 4.79 Å². The largest absolute Gasteiger partial charge is 0.459 e. The Morgan fingerprint density at radius 1 is 1.39 bits per heavy atom. The smallest absolute Gasteiger partial charge is 0.290 e. The summed E-state index contributed by atoms with van der Waals surface area (Å²) in [6, 6.07) is 2.83. The number of hydrogen-bond acceptors (Lipinski definition) is 4. The molecule has 1 atom stereocenters. The molecule has 2 heterocycles. The van der Waals surface area contributed by atoms with Gasteiger partial charge in [-0.1, -0.05) is 12.8 Å². The third-order valence-corrected chi connectivity index (χ3v) is 4.97. The average Bonchev–Trinajstić information content (AvgIpc) is 3.27. The second-order valence-electron chi connectivity index (χ2n) is 6.76. The summed E-state index contributed by atoms with van der Waals surface area (Å²) in [4.78, 5) is 28.4. The second kappa shape index (κ2) is 6.35. The topological polar surface area (TPSA) is 74.0 Å². The number of rotatable bonds is 4. The zero-order chi connectivity index (χ0) is 16.4. The molecule has 0 spiro atoms. The molecule has 2 fully saturated rings. The Balaban J connectivity index is 1.66. The first-order chi connectivity index (χ1) is 11.0. The molecule has 2 aliphatic rings. The lowest BCUT2D eigenvalue weighted by molar-refractivity contribution is -0.137. The van der Waals surface area contributed by atoms with Crippen molar-refractivity contribution in [2.45, 2.75) is 50.2 Å². The maximum absolute atomic E-state index is 12.8.